The molecule has 1 heterocycles. The molecule has 4 aromatic rings. The van der Waals surface area contributed by atoms with Gasteiger partial charge in [0.25, 0.3) is 5.91 Å². The predicted molar refractivity (Wildman–Crippen MR) is 144 cm³/mol. The molecule has 0 saturated heterocycles. The molecule has 4 rings (SSSR count). The molecule has 0 aliphatic heterocycles. The van der Waals surface area contributed by atoms with Gasteiger partial charge in [-0.15, -0.1) is 11.3 Å². The molecule has 0 unspecified atom stereocenters. The second-order valence-corrected chi connectivity index (χ2v) is 9.24. The summed E-state index contributed by atoms with van der Waals surface area (Å²) in [7, 11) is 0. The number of rotatable bonds is 8. The fourth-order valence-corrected chi connectivity index (χ4v) is 4.74. The lowest BCUT2D eigenvalue weighted by molar-refractivity contribution is 0.102. The number of ketones is 1. The Hall–Kier alpha value is -3.52. The number of amides is 1. The van der Waals surface area contributed by atoms with Crippen molar-refractivity contribution in [2.24, 2.45) is 0 Å². The molecular formula is C26H21Cl2N3O3S. The summed E-state index contributed by atoms with van der Waals surface area (Å²) >= 11 is 13.3. The minimum absolute atomic E-state index is 0.0925. The number of halogens is 2. The van der Waals surface area contributed by atoms with E-state index in [1.807, 2.05) is 13.0 Å². The Bertz CT molecular complexity index is 1370. The molecule has 0 aliphatic rings. The zero-order chi connectivity index (χ0) is 24.9. The zero-order valence-corrected chi connectivity index (χ0v) is 20.9. The van der Waals surface area contributed by atoms with Crippen LogP contribution in [-0.2, 0) is 0 Å². The van der Waals surface area contributed by atoms with Crippen LogP contribution >= 0.6 is 34.5 Å². The van der Waals surface area contributed by atoms with Gasteiger partial charge in [0, 0.05) is 16.9 Å². The van der Waals surface area contributed by atoms with Gasteiger partial charge < -0.3 is 21.1 Å². The van der Waals surface area contributed by atoms with Crippen molar-refractivity contribution in [2.75, 3.05) is 23.0 Å². The van der Waals surface area contributed by atoms with Gasteiger partial charge in [-0.05, 0) is 49.4 Å². The fourth-order valence-electron chi connectivity index (χ4n) is 3.35. The average molecular weight is 526 g/mol. The Labute approximate surface area is 216 Å². The first-order valence-electron chi connectivity index (χ1n) is 10.7. The number of nitrogen functional groups attached to an aromatic ring is 1. The van der Waals surface area contributed by atoms with Crippen molar-refractivity contribution in [2.45, 2.75) is 6.92 Å². The van der Waals surface area contributed by atoms with E-state index in [1.54, 1.807) is 66.7 Å². The number of thiophene rings is 1. The lowest BCUT2D eigenvalue weighted by Crippen LogP contribution is -2.15. The van der Waals surface area contributed by atoms with Gasteiger partial charge in [0.05, 0.1) is 27.9 Å². The molecule has 9 heteroatoms. The van der Waals surface area contributed by atoms with Gasteiger partial charge in [0.15, 0.2) is 0 Å². The van der Waals surface area contributed by atoms with Crippen LogP contribution in [0.1, 0.15) is 32.5 Å². The number of carbonyl (C=O) groups excluding carboxylic acids is 2. The SMILES string of the molecule is CCOc1ccc(NC(=O)c2c(Nc3ccc(Cl)c(Cl)c3)sc(C(=O)c3ccccc3)c2N)cc1. The van der Waals surface area contributed by atoms with Gasteiger partial charge in [-0.3, -0.25) is 9.59 Å². The Morgan fingerprint density at radius 1 is 0.943 bits per heavy atom. The third-order valence-corrected chi connectivity index (χ3v) is 6.87. The molecule has 0 spiro atoms. The Kier molecular flexibility index (Phi) is 7.60. The number of hydrogen-bond acceptors (Lipinski definition) is 6. The van der Waals surface area contributed by atoms with Crippen LogP contribution in [0.3, 0.4) is 0 Å². The first kappa shape index (κ1) is 24.6. The number of benzene rings is 3. The molecule has 0 bridgehead atoms. The van der Waals surface area contributed by atoms with E-state index in [4.69, 9.17) is 33.7 Å². The number of anilines is 4. The molecule has 0 atom stereocenters. The second kappa shape index (κ2) is 10.8. The third-order valence-electron chi connectivity index (χ3n) is 5.02. The molecule has 178 valence electrons. The number of ether oxygens (including phenoxy) is 1. The molecule has 1 amide bonds. The van der Waals surface area contributed by atoms with Crippen molar-refractivity contribution in [3.05, 3.63) is 98.8 Å². The highest BCUT2D eigenvalue weighted by Crippen LogP contribution is 2.40. The maximum absolute atomic E-state index is 13.3. The lowest BCUT2D eigenvalue weighted by Gasteiger charge is -2.10. The normalized spacial score (nSPS) is 10.6. The first-order chi connectivity index (χ1) is 16.9. The Morgan fingerprint density at radius 3 is 2.29 bits per heavy atom. The van der Waals surface area contributed by atoms with E-state index >= 15 is 0 Å². The van der Waals surface area contributed by atoms with Crippen LogP contribution in [0.5, 0.6) is 5.75 Å². The number of carbonyl (C=O) groups is 2. The minimum atomic E-state index is -0.461. The summed E-state index contributed by atoms with van der Waals surface area (Å²) in [5, 5.41) is 7.16. The molecule has 4 N–H and O–H groups in total. The van der Waals surface area contributed by atoms with Gasteiger partial charge >= 0.3 is 0 Å². The summed E-state index contributed by atoms with van der Waals surface area (Å²) in [6.07, 6.45) is 0. The van der Waals surface area contributed by atoms with Crippen molar-refractivity contribution in [1.29, 1.82) is 0 Å². The second-order valence-electron chi connectivity index (χ2n) is 7.41. The van der Waals surface area contributed by atoms with Crippen molar-refractivity contribution in [1.82, 2.24) is 0 Å². The molecule has 0 radical (unpaired) electrons. The first-order valence-corrected chi connectivity index (χ1v) is 12.2. The van der Waals surface area contributed by atoms with E-state index in [-0.39, 0.29) is 21.9 Å². The number of nitrogens with one attached hydrogen (secondary N) is 2. The van der Waals surface area contributed by atoms with Gasteiger partial charge in [-0.2, -0.15) is 0 Å². The summed E-state index contributed by atoms with van der Waals surface area (Å²) in [5.41, 5.74) is 8.26. The number of hydrogen-bond donors (Lipinski definition) is 3. The lowest BCUT2D eigenvalue weighted by atomic mass is 10.1. The quantitative estimate of drug-likeness (QED) is 0.210. The Morgan fingerprint density at radius 2 is 1.63 bits per heavy atom. The summed E-state index contributed by atoms with van der Waals surface area (Å²) < 4.78 is 5.45. The summed E-state index contributed by atoms with van der Waals surface area (Å²) in [6, 6.07) is 20.7. The maximum atomic E-state index is 13.3. The van der Waals surface area contributed by atoms with E-state index in [9.17, 15) is 9.59 Å². The van der Waals surface area contributed by atoms with Gasteiger partial charge in [-0.1, -0.05) is 53.5 Å². The largest absolute Gasteiger partial charge is 0.494 e. The van der Waals surface area contributed by atoms with Crippen LogP contribution in [0.4, 0.5) is 22.1 Å². The molecule has 3 aromatic carbocycles. The van der Waals surface area contributed by atoms with E-state index in [1.165, 1.54) is 0 Å². The molecule has 0 aliphatic carbocycles. The van der Waals surface area contributed by atoms with Crippen molar-refractivity contribution in [3.8, 4) is 5.75 Å². The fraction of sp³-hybridized carbons (Fsp3) is 0.0769. The van der Waals surface area contributed by atoms with Crippen LogP contribution in [-0.4, -0.2) is 18.3 Å². The topological polar surface area (TPSA) is 93.5 Å². The monoisotopic (exact) mass is 525 g/mol. The summed E-state index contributed by atoms with van der Waals surface area (Å²) in [6.45, 7) is 2.44. The minimum Gasteiger partial charge on any atom is -0.494 e. The summed E-state index contributed by atoms with van der Waals surface area (Å²) in [4.78, 5) is 26.8. The zero-order valence-electron chi connectivity index (χ0n) is 18.6. The van der Waals surface area contributed by atoms with E-state index < -0.39 is 5.91 Å². The van der Waals surface area contributed by atoms with Crippen molar-refractivity contribution >= 4 is 68.3 Å². The van der Waals surface area contributed by atoms with Crippen LogP contribution in [0.25, 0.3) is 0 Å². The highest BCUT2D eigenvalue weighted by atomic mass is 35.5. The molecular weight excluding hydrogens is 505 g/mol. The third kappa shape index (κ3) is 5.59. The average Bonchev–Trinajstić information content (AvgIpc) is 3.18. The van der Waals surface area contributed by atoms with E-state index in [2.05, 4.69) is 10.6 Å². The van der Waals surface area contributed by atoms with Crippen LogP contribution < -0.4 is 21.1 Å². The van der Waals surface area contributed by atoms with E-state index in [0.717, 1.165) is 11.3 Å². The highest BCUT2D eigenvalue weighted by molar-refractivity contribution is 7.19. The van der Waals surface area contributed by atoms with Crippen LogP contribution in [0.2, 0.25) is 10.0 Å². The Balaban J connectivity index is 1.71. The van der Waals surface area contributed by atoms with Gasteiger partial charge in [0.2, 0.25) is 5.78 Å². The van der Waals surface area contributed by atoms with Crippen LogP contribution in [0.15, 0.2) is 72.8 Å². The van der Waals surface area contributed by atoms with Crippen molar-refractivity contribution < 1.29 is 14.3 Å². The van der Waals surface area contributed by atoms with E-state index in [0.29, 0.717) is 44.3 Å². The highest BCUT2D eigenvalue weighted by Gasteiger charge is 2.26. The molecule has 6 nitrogen and oxygen atoms in total. The number of nitrogens with two attached hydrogens (primary N) is 1. The van der Waals surface area contributed by atoms with Gasteiger partial charge in [-0.25, -0.2) is 0 Å². The molecule has 1 aromatic heterocycles. The molecule has 35 heavy (non-hydrogen) atoms. The smallest absolute Gasteiger partial charge is 0.260 e. The van der Waals surface area contributed by atoms with Gasteiger partial charge in [0.1, 0.15) is 15.6 Å². The summed E-state index contributed by atoms with van der Waals surface area (Å²) in [5.74, 6) is -0.0405. The molecule has 0 saturated carbocycles. The standard InChI is InChI=1S/C26H21Cl2N3O3S/c1-2-34-18-11-8-16(9-12-18)30-25(33)21-22(29)24(23(32)15-6-4-3-5-7-15)35-26(21)31-17-10-13-19(27)20(28)14-17/h3-14,31H,2,29H2,1H3,(H,30,33). The van der Waals surface area contributed by atoms with Crippen molar-refractivity contribution in [3.63, 3.8) is 0 Å². The molecule has 0 fully saturated rings. The maximum Gasteiger partial charge on any atom is 0.260 e. The predicted octanol–water partition coefficient (Wildman–Crippen LogP) is 7.26. The van der Waals surface area contributed by atoms with Crippen LogP contribution in [0, 0.1) is 0 Å².